The van der Waals surface area contributed by atoms with Gasteiger partial charge in [0.25, 0.3) is 5.91 Å². The van der Waals surface area contributed by atoms with Crippen molar-refractivity contribution in [1.29, 1.82) is 0 Å². The van der Waals surface area contributed by atoms with Crippen molar-refractivity contribution >= 4 is 17.7 Å². The van der Waals surface area contributed by atoms with Crippen LogP contribution in [0.25, 0.3) is 0 Å². The number of rotatable bonds is 6. The van der Waals surface area contributed by atoms with Crippen molar-refractivity contribution in [2.24, 2.45) is 5.92 Å². The quantitative estimate of drug-likeness (QED) is 0.794. The van der Waals surface area contributed by atoms with E-state index in [-0.39, 0.29) is 5.91 Å². The van der Waals surface area contributed by atoms with Crippen LogP contribution in [0.15, 0.2) is 59.5 Å². The molecule has 25 heavy (non-hydrogen) atoms. The van der Waals surface area contributed by atoms with Crippen molar-refractivity contribution in [1.82, 2.24) is 10.2 Å². The third-order valence-electron chi connectivity index (χ3n) is 4.74. The summed E-state index contributed by atoms with van der Waals surface area (Å²) in [6.07, 6.45) is 2.19. The van der Waals surface area contributed by atoms with Gasteiger partial charge >= 0.3 is 0 Å². The van der Waals surface area contributed by atoms with Crippen LogP contribution in [0.2, 0.25) is 0 Å². The van der Waals surface area contributed by atoms with Gasteiger partial charge in [-0.05, 0) is 62.2 Å². The van der Waals surface area contributed by atoms with Crippen LogP contribution in [-0.2, 0) is 5.75 Å². The summed E-state index contributed by atoms with van der Waals surface area (Å²) in [7, 11) is 2.00. The van der Waals surface area contributed by atoms with Gasteiger partial charge in [0, 0.05) is 29.3 Å². The summed E-state index contributed by atoms with van der Waals surface area (Å²) >= 11 is 1.82. The molecule has 1 amide bonds. The molecule has 0 aromatic heterocycles. The molecule has 0 unspecified atom stereocenters. The molecule has 1 aliphatic heterocycles. The fourth-order valence-electron chi connectivity index (χ4n) is 3.24. The Morgan fingerprint density at radius 2 is 1.76 bits per heavy atom. The normalized spacial score (nSPS) is 15.3. The van der Waals surface area contributed by atoms with Crippen molar-refractivity contribution < 1.29 is 4.79 Å². The lowest BCUT2D eigenvalue weighted by Crippen LogP contribution is -2.40. The highest BCUT2D eigenvalue weighted by molar-refractivity contribution is 7.98. The number of hydrogen-bond donors (Lipinski definition) is 1. The van der Waals surface area contributed by atoms with Crippen LogP contribution in [-0.4, -0.2) is 37.5 Å². The summed E-state index contributed by atoms with van der Waals surface area (Å²) in [6.45, 7) is 2.80. The Kier molecular flexibility index (Phi) is 6.54. The molecule has 2 aromatic carbocycles. The molecule has 0 spiro atoms. The number of thioether (sulfide) groups is 1. The maximum absolute atomic E-state index is 12.7. The number of nitrogens with zero attached hydrogens (tertiary/aromatic N) is 1. The molecule has 0 radical (unpaired) electrons. The molecule has 3 rings (SSSR count). The zero-order chi connectivity index (χ0) is 17.5. The Morgan fingerprint density at radius 3 is 2.40 bits per heavy atom. The van der Waals surface area contributed by atoms with E-state index in [4.69, 9.17) is 0 Å². The van der Waals surface area contributed by atoms with E-state index in [1.807, 2.05) is 41.9 Å². The van der Waals surface area contributed by atoms with Crippen molar-refractivity contribution in [3.8, 4) is 0 Å². The highest BCUT2D eigenvalue weighted by Crippen LogP contribution is 2.23. The minimum Gasteiger partial charge on any atom is -0.339 e. The van der Waals surface area contributed by atoms with E-state index in [1.165, 1.54) is 10.5 Å². The summed E-state index contributed by atoms with van der Waals surface area (Å²) < 4.78 is 0. The van der Waals surface area contributed by atoms with Crippen molar-refractivity contribution in [3.63, 3.8) is 0 Å². The second kappa shape index (κ2) is 9.07. The van der Waals surface area contributed by atoms with Gasteiger partial charge in [0.1, 0.15) is 0 Å². The van der Waals surface area contributed by atoms with Gasteiger partial charge in [-0.15, -0.1) is 11.8 Å². The minimum atomic E-state index is 0.171. The van der Waals surface area contributed by atoms with Gasteiger partial charge in [-0.25, -0.2) is 0 Å². The lowest BCUT2D eigenvalue weighted by atomic mass is 9.96. The molecule has 1 saturated heterocycles. The fourth-order valence-corrected chi connectivity index (χ4v) is 4.11. The standard InChI is InChI=1S/C21H26N2OS/c1-22-15-17-11-13-23(14-12-17)21(24)19-9-7-18(8-10-19)16-25-20-5-3-2-4-6-20/h2-10,17,22H,11-16H2,1H3. The lowest BCUT2D eigenvalue weighted by molar-refractivity contribution is 0.0691. The average molecular weight is 355 g/mol. The molecule has 2 aromatic rings. The summed E-state index contributed by atoms with van der Waals surface area (Å²) in [5.41, 5.74) is 2.05. The molecular weight excluding hydrogens is 328 g/mol. The molecule has 0 saturated carbocycles. The van der Waals surface area contributed by atoms with Crippen LogP contribution in [0.1, 0.15) is 28.8 Å². The van der Waals surface area contributed by atoms with Gasteiger partial charge in [0.15, 0.2) is 0 Å². The van der Waals surface area contributed by atoms with Crippen LogP contribution >= 0.6 is 11.8 Å². The molecule has 132 valence electrons. The summed E-state index contributed by atoms with van der Waals surface area (Å²) in [4.78, 5) is 15.9. The zero-order valence-electron chi connectivity index (χ0n) is 14.8. The van der Waals surface area contributed by atoms with Crippen LogP contribution in [0.4, 0.5) is 0 Å². The van der Waals surface area contributed by atoms with E-state index >= 15 is 0 Å². The van der Waals surface area contributed by atoms with E-state index in [0.717, 1.165) is 43.8 Å². The molecule has 3 nitrogen and oxygen atoms in total. The SMILES string of the molecule is CNCC1CCN(C(=O)c2ccc(CSc3ccccc3)cc2)CC1. The molecular formula is C21H26N2OS. The van der Waals surface area contributed by atoms with Gasteiger partial charge in [-0.2, -0.15) is 0 Å². The van der Waals surface area contributed by atoms with Crippen LogP contribution < -0.4 is 5.32 Å². The average Bonchev–Trinajstić information content (AvgIpc) is 2.68. The topological polar surface area (TPSA) is 32.3 Å². The number of nitrogens with one attached hydrogen (secondary N) is 1. The summed E-state index contributed by atoms with van der Waals surface area (Å²) in [6, 6.07) is 18.5. The van der Waals surface area contributed by atoms with Gasteiger partial charge in [-0.3, -0.25) is 4.79 Å². The van der Waals surface area contributed by atoms with Gasteiger partial charge < -0.3 is 10.2 Å². The van der Waals surface area contributed by atoms with E-state index < -0.39 is 0 Å². The zero-order valence-corrected chi connectivity index (χ0v) is 15.6. The number of carbonyl (C=O) groups is 1. The number of hydrogen-bond acceptors (Lipinski definition) is 3. The molecule has 1 aliphatic rings. The number of amides is 1. The highest BCUT2D eigenvalue weighted by atomic mass is 32.2. The molecule has 1 heterocycles. The lowest BCUT2D eigenvalue weighted by Gasteiger charge is -2.32. The van der Waals surface area contributed by atoms with E-state index in [2.05, 4.69) is 41.7 Å². The van der Waals surface area contributed by atoms with Crippen molar-refractivity contribution in [2.45, 2.75) is 23.5 Å². The van der Waals surface area contributed by atoms with Crippen molar-refractivity contribution in [3.05, 3.63) is 65.7 Å². The first-order chi connectivity index (χ1) is 12.3. The second-order valence-electron chi connectivity index (χ2n) is 6.59. The Labute approximate surface area is 154 Å². The first-order valence-electron chi connectivity index (χ1n) is 8.97. The largest absolute Gasteiger partial charge is 0.339 e. The molecule has 0 bridgehead atoms. The number of likely N-dealkylation sites (tertiary alicyclic amines) is 1. The monoisotopic (exact) mass is 354 g/mol. The van der Waals surface area contributed by atoms with E-state index in [1.54, 1.807) is 0 Å². The van der Waals surface area contributed by atoms with Gasteiger partial charge in [0.2, 0.25) is 0 Å². The third kappa shape index (κ3) is 5.10. The molecule has 0 atom stereocenters. The Bertz CT molecular complexity index is 664. The Balaban J connectivity index is 1.52. The Hall–Kier alpha value is -1.78. The number of piperidine rings is 1. The van der Waals surface area contributed by atoms with Gasteiger partial charge in [-0.1, -0.05) is 30.3 Å². The maximum atomic E-state index is 12.7. The summed E-state index contributed by atoms with van der Waals surface area (Å²) in [5, 5.41) is 3.24. The first-order valence-corrected chi connectivity index (χ1v) is 9.95. The Morgan fingerprint density at radius 1 is 1.08 bits per heavy atom. The first kappa shape index (κ1) is 18.0. The van der Waals surface area contributed by atoms with Crippen LogP contribution in [0, 0.1) is 5.92 Å². The third-order valence-corrected chi connectivity index (χ3v) is 5.83. The van der Waals surface area contributed by atoms with E-state index in [0.29, 0.717) is 5.92 Å². The number of carbonyl (C=O) groups excluding carboxylic acids is 1. The summed E-state index contributed by atoms with van der Waals surface area (Å²) in [5.74, 6) is 1.80. The van der Waals surface area contributed by atoms with E-state index in [9.17, 15) is 4.79 Å². The predicted molar refractivity (Wildman–Crippen MR) is 105 cm³/mol. The minimum absolute atomic E-state index is 0.171. The maximum Gasteiger partial charge on any atom is 0.253 e. The highest BCUT2D eigenvalue weighted by Gasteiger charge is 2.23. The number of benzene rings is 2. The molecule has 1 fully saturated rings. The van der Waals surface area contributed by atoms with Crippen molar-refractivity contribution in [2.75, 3.05) is 26.7 Å². The predicted octanol–water partition coefficient (Wildman–Crippen LogP) is 4.05. The van der Waals surface area contributed by atoms with Crippen LogP contribution in [0.5, 0.6) is 0 Å². The smallest absolute Gasteiger partial charge is 0.253 e. The second-order valence-corrected chi connectivity index (χ2v) is 7.64. The fraction of sp³-hybridized carbons (Fsp3) is 0.381. The molecule has 4 heteroatoms. The molecule has 1 N–H and O–H groups in total. The molecule has 0 aliphatic carbocycles. The van der Waals surface area contributed by atoms with Gasteiger partial charge in [0.05, 0.1) is 0 Å². The van der Waals surface area contributed by atoms with Crippen LogP contribution in [0.3, 0.4) is 0 Å².